The number of fused-ring (bicyclic) bond motifs is 4. The van der Waals surface area contributed by atoms with Gasteiger partial charge in [0.2, 0.25) is 5.91 Å². The SMILES string of the molecule is CCOCC(=O)NC[C@H]1[C@H]2C[C@H](CN(Cc3cnn(C)c3C)C2)c2cccc(=O)n21. The maximum Gasteiger partial charge on any atom is 0.251 e. The number of likely N-dealkylation sites (tertiary alicyclic amines) is 1. The lowest BCUT2D eigenvalue weighted by atomic mass is 9.78. The number of hydrogen-bond donors (Lipinski definition) is 1. The second-order valence-electron chi connectivity index (χ2n) is 8.43. The number of pyridine rings is 1. The van der Waals surface area contributed by atoms with Gasteiger partial charge in [-0.3, -0.25) is 19.2 Å². The third-order valence-electron chi connectivity index (χ3n) is 6.55. The van der Waals surface area contributed by atoms with Crippen LogP contribution in [0.1, 0.15) is 42.3 Å². The van der Waals surface area contributed by atoms with Gasteiger partial charge in [0.05, 0.1) is 12.2 Å². The van der Waals surface area contributed by atoms with Gasteiger partial charge in [0.25, 0.3) is 5.56 Å². The van der Waals surface area contributed by atoms with E-state index in [1.807, 2.05) is 35.5 Å². The minimum atomic E-state index is -0.136. The molecule has 1 fully saturated rings. The van der Waals surface area contributed by atoms with Crippen molar-refractivity contribution in [1.29, 1.82) is 0 Å². The van der Waals surface area contributed by atoms with Crippen molar-refractivity contribution in [3.05, 3.63) is 51.7 Å². The first-order valence-corrected chi connectivity index (χ1v) is 10.7. The normalized spacial score (nSPS) is 23.2. The van der Waals surface area contributed by atoms with Crippen molar-refractivity contribution < 1.29 is 9.53 Å². The second-order valence-corrected chi connectivity index (χ2v) is 8.43. The first-order chi connectivity index (χ1) is 14.5. The standard InChI is InChI=1S/C22H31N5O3/c1-4-30-14-21(28)23-10-20-17-8-16(19-6-5-7-22(29)27(19)20)11-26(12-17)13-18-9-24-25(3)15(18)2/h5-7,9,16-17,20H,4,8,10-14H2,1-3H3,(H,23,28)/t16-,17+,20+/m1/s1. The topological polar surface area (TPSA) is 81.4 Å². The molecule has 2 aromatic heterocycles. The molecule has 162 valence electrons. The molecule has 2 aromatic rings. The van der Waals surface area contributed by atoms with Gasteiger partial charge in [-0.2, -0.15) is 5.10 Å². The Labute approximate surface area is 176 Å². The first-order valence-electron chi connectivity index (χ1n) is 10.7. The average Bonchev–Trinajstić information content (AvgIpc) is 3.04. The van der Waals surface area contributed by atoms with E-state index >= 15 is 0 Å². The van der Waals surface area contributed by atoms with Crippen molar-refractivity contribution >= 4 is 5.91 Å². The number of aromatic nitrogens is 3. The molecule has 0 radical (unpaired) electrons. The summed E-state index contributed by atoms with van der Waals surface area (Å²) in [6.45, 7) is 7.65. The Kier molecular flexibility index (Phi) is 6.06. The van der Waals surface area contributed by atoms with Crippen LogP contribution < -0.4 is 10.9 Å². The molecule has 0 aliphatic carbocycles. The molecule has 0 saturated carbocycles. The van der Waals surface area contributed by atoms with E-state index in [4.69, 9.17) is 4.74 Å². The van der Waals surface area contributed by atoms with E-state index in [1.54, 1.807) is 6.07 Å². The number of hydrogen-bond acceptors (Lipinski definition) is 5. The highest BCUT2D eigenvalue weighted by molar-refractivity contribution is 5.77. The molecule has 2 aliphatic rings. The summed E-state index contributed by atoms with van der Waals surface area (Å²) in [7, 11) is 1.97. The van der Waals surface area contributed by atoms with Crippen LogP contribution in [-0.4, -0.2) is 58.0 Å². The van der Waals surface area contributed by atoms with Crippen LogP contribution in [0.25, 0.3) is 0 Å². The van der Waals surface area contributed by atoms with Crippen molar-refractivity contribution in [3.8, 4) is 0 Å². The molecule has 0 aromatic carbocycles. The fourth-order valence-electron chi connectivity index (χ4n) is 4.93. The van der Waals surface area contributed by atoms with Crippen LogP contribution in [0.3, 0.4) is 0 Å². The van der Waals surface area contributed by atoms with E-state index in [0.717, 1.165) is 31.7 Å². The van der Waals surface area contributed by atoms with Crippen LogP contribution in [0.5, 0.6) is 0 Å². The molecule has 8 heteroatoms. The molecule has 0 unspecified atom stereocenters. The number of piperidine rings is 1. The lowest BCUT2D eigenvalue weighted by molar-refractivity contribution is -0.125. The van der Waals surface area contributed by atoms with Gasteiger partial charge in [0.15, 0.2) is 0 Å². The van der Waals surface area contributed by atoms with Crippen LogP contribution in [0.4, 0.5) is 0 Å². The zero-order valence-corrected chi connectivity index (χ0v) is 18.0. The van der Waals surface area contributed by atoms with E-state index in [2.05, 4.69) is 28.3 Å². The fourth-order valence-corrected chi connectivity index (χ4v) is 4.93. The summed E-state index contributed by atoms with van der Waals surface area (Å²) in [5.74, 6) is 0.494. The lowest BCUT2D eigenvalue weighted by Gasteiger charge is -2.47. The molecular weight excluding hydrogens is 382 g/mol. The van der Waals surface area contributed by atoms with Crippen LogP contribution in [0.15, 0.2) is 29.2 Å². The Bertz CT molecular complexity index is 966. The number of rotatable bonds is 7. The molecule has 1 saturated heterocycles. The Morgan fingerprint density at radius 3 is 2.90 bits per heavy atom. The molecule has 0 spiro atoms. The van der Waals surface area contributed by atoms with E-state index < -0.39 is 0 Å². The van der Waals surface area contributed by atoms with Gasteiger partial charge in [-0.15, -0.1) is 0 Å². The van der Waals surface area contributed by atoms with Gasteiger partial charge in [-0.25, -0.2) is 0 Å². The van der Waals surface area contributed by atoms with Crippen LogP contribution in [0.2, 0.25) is 0 Å². The third kappa shape index (κ3) is 4.06. The number of aryl methyl sites for hydroxylation is 1. The Morgan fingerprint density at radius 1 is 1.33 bits per heavy atom. The molecule has 1 amide bonds. The molecule has 1 N–H and O–H groups in total. The molecule has 2 aliphatic heterocycles. The summed E-state index contributed by atoms with van der Waals surface area (Å²) >= 11 is 0. The van der Waals surface area contributed by atoms with E-state index in [0.29, 0.717) is 25.0 Å². The van der Waals surface area contributed by atoms with Crippen molar-refractivity contribution in [1.82, 2.24) is 24.6 Å². The maximum atomic E-state index is 12.7. The van der Waals surface area contributed by atoms with E-state index in [1.165, 1.54) is 11.3 Å². The van der Waals surface area contributed by atoms with E-state index in [-0.39, 0.29) is 24.1 Å². The van der Waals surface area contributed by atoms with Gasteiger partial charge in [0, 0.05) is 68.8 Å². The van der Waals surface area contributed by atoms with Gasteiger partial charge in [-0.1, -0.05) is 6.07 Å². The zero-order chi connectivity index (χ0) is 21.3. The van der Waals surface area contributed by atoms with Crippen LogP contribution in [-0.2, 0) is 23.1 Å². The number of carbonyl (C=O) groups excluding carboxylic acids is 1. The van der Waals surface area contributed by atoms with Gasteiger partial charge >= 0.3 is 0 Å². The van der Waals surface area contributed by atoms with Crippen LogP contribution in [0, 0.1) is 12.8 Å². The van der Waals surface area contributed by atoms with Gasteiger partial charge in [0.1, 0.15) is 6.61 Å². The first kappa shape index (κ1) is 20.8. The highest BCUT2D eigenvalue weighted by atomic mass is 16.5. The molecule has 4 heterocycles. The average molecular weight is 414 g/mol. The summed E-state index contributed by atoms with van der Waals surface area (Å²) in [5.41, 5.74) is 3.52. The summed E-state index contributed by atoms with van der Waals surface area (Å²) < 4.78 is 9.04. The van der Waals surface area contributed by atoms with Gasteiger partial charge < -0.3 is 14.6 Å². The number of nitrogens with zero attached hydrogens (tertiary/aromatic N) is 4. The van der Waals surface area contributed by atoms with Crippen molar-refractivity contribution in [2.24, 2.45) is 13.0 Å². The third-order valence-corrected chi connectivity index (χ3v) is 6.55. The molecule has 3 atom stereocenters. The van der Waals surface area contributed by atoms with Crippen molar-refractivity contribution in [3.63, 3.8) is 0 Å². The number of amides is 1. The quantitative estimate of drug-likeness (QED) is 0.738. The van der Waals surface area contributed by atoms with Crippen LogP contribution >= 0.6 is 0 Å². The monoisotopic (exact) mass is 413 g/mol. The fraction of sp³-hybridized carbons (Fsp3) is 0.591. The Balaban J connectivity index is 1.56. The van der Waals surface area contributed by atoms with Crippen molar-refractivity contribution in [2.45, 2.75) is 38.8 Å². The summed E-state index contributed by atoms with van der Waals surface area (Å²) in [5, 5.41) is 7.35. The molecular formula is C22H31N5O3. The highest BCUT2D eigenvalue weighted by Crippen LogP contribution is 2.41. The Hall–Kier alpha value is -2.45. The summed E-state index contributed by atoms with van der Waals surface area (Å²) in [6, 6.07) is 5.49. The van der Waals surface area contributed by atoms with Crippen molar-refractivity contribution in [2.75, 3.05) is 32.8 Å². The molecule has 30 heavy (non-hydrogen) atoms. The summed E-state index contributed by atoms with van der Waals surface area (Å²) in [6.07, 6.45) is 2.99. The predicted molar refractivity (Wildman–Crippen MR) is 113 cm³/mol. The number of carbonyl (C=O) groups is 1. The Morgan fingerprint density at radius 2 is 2.17 bits per heavy atom. The lowest BCUT2D eigenvalue weighted by Crippen LogP contribution is -2.52. The molecule has 8 nitrogen and oxygen atoms in total. The largest absolute Gasteiger partial charge is 0.372 e. The maximum absolute atomic E-state index is 12.7. The highest BCUT2D eigenvalue weighted by Gasteiger charge is 2.40. The minimum Gasteiger partial charge on any atom is -0.372 e. The van der Waals surface area contributed by atoms with E-state index in [9.17, 15) is 9.59 Å². The zero-order valence-electron chi connectivity index (χ0n) is 18.0. The predicted octanol–water partition coefficient (Wildman–Crippen LogP) is 1.20. The molecule has 2 bridgehead atoms. The smallest absolute Gasteiger partial charge is 0.251 e. The second kappa shape index (κ2) is 8.73. The number of ether oxygens (including phenoxy) is 1. The summed E-state index contributed by atoms with van der Waals surface area (Å²) in [4.78, 5) is 27.3. The molecule has 4 rings (SSSR count). The van der Waals surface area contributed by atoms with Gasteiger partial charge in [-0.05, 0) is 32.3 Å². The number of nitrogens with one attached hydrogen (secondary N) is 1. The minimum absolute atomic E-state index is 0.0165.